The van der Waals surface area contributed by atoms with Gasteiger partial charge in [0.2, 0.25) is 0 Å². The van der Waals surface area contributed by atoms with Crippen LogP contribution in [0.4, 0.5) is 17.1 Å². The van der Waals surface area contributed by atoms with Crippen molar-refractivity contribution in [1.29, 1.82) is 0 Å². The predicted octanol–water partition coefficient (Wildman–Crippen LogP) is 18.6. The molecule has 13 rings (SSSR count). The second-order valence-corrected chi connectivity index (χ2v) is 21.4. The molecule has 71 heavy (non-hydrogen) atoms. The third-order valence-corrected chi connectivity index (χ3v) is 16.6. The van der Waals surface area contributed by atoms with Crippen LogP contribution < -0.4 is 4.90 Å². The summed E-state index contributed by atoms with van der Waals surface area (Å²) in [6.45, 7) is 22.6. The highest BCUT2D eigenvalue weighted by Gasteiger charge is 2.43. The van der Waals surface area contributed by atoms with Crippen LogP contribution in [-0.2, 0) is 16.2 Å². The van der Waals surface area contributed by atoms with Gasteiger partial charge >= 0.3 is 0 Å². The van der Waals surface area contributed by atoms with Gasteiger partial charge in [-0.3, -0.25) is 0 Å². The zero-order valence-corrected chi connectivity index (χ0v) is 41.4. The molecule has 10 aromatic rings. The molecule has 3 aliphatic carbocycles. The summed E-state index contributed by atoms with van der Waals surface area (Å²) in [5.41, 5.74) is 27.2. The third kappa shape index (κ3) is 6.13. The average molecular weight is 913 g/mol. The van der Waals surface area contributed by atoms with E-state index < -0.39 is 0 Å². The highest BCUT2D eigenvalue weighted by atomic mass is 15.1. The fraction of sp³-hybridized carbons (Fsp3) is 0.130. The first kappa shape index (κ1) is 42.9. The fourth-order valence-electron chi connectivity index (χ4n) is 12.9. The van der Waals surface area contributed by atoms with Gasteiger partial charge in [-0.2, -0.15) is 0 Å². The Labute approximate surface area is 418 Å². The molecule has 9 aromatic carbocycles. The van der Waals surface area contributed by atoms with E-state index in [1.54, 1.807) is 0 Å². The number of hydrogen-bond donors (Lipinski definition) is 0. The molecule has 2 heteroatoms. The first-order valence-electron chi connectivity index (χ1n) is 25.1. The average Bonchev–Trinajstić information content (AvgIpc) is 4.01. The van der Waals surface area contributed by atoms with Gasteiger partial charge in [-0.1, -0.05) is 188 Å². The molecule has 0 radical (unpaired) electrons. The van der Waals surface area contributed by atoms with Crippen molar-refractivity contribution in [3.05, 3.63) is 258 Å². The van der Waals surface area contributed by atoms with Crippen LogP contribution in [0.15, 0.2) is 225 Å². The minimum absolute atomic E-state index is 0.0845. The van der Waals surface area contributed by atoms with E-state index in [0.717, 1.165) is 22.6 Å². The van der Waals surface area contributed by atoms with Crippen molar-refractivity contribution in [2.24, 2.45) is 0 Å². The highest BCUT2D eigenvalue weighted by molar-refractivity contribution is 6.11. The molecule has 0 aliphatic heterocycles. The van der Waals surface area contributed by atoms with Crippen molar-refractivity contribution in [3.63, 3.8) is 0 Å². The first-order valence-corrected chi connectivity index (χ1v) is 25.1. The monoisotopic (exact) mass is 912 g/mol. The molecule has 2 nitrogen and oxygen atoms in total. The van der Waals surface area contributed by atoms with E-state index in [-0.39, 0.29) is 16.2 Å². The van der Waals surface area contributed by atoms with Gasteiger partial charge in [0.1, 0.15) is 0 Å². The summed E-state index contributed by atoms with van der Waals surface area (Å²) < 4.78 is 2.53. The summed E-state index contributed by atoms with van der Waals surface area (Å²) in [6, 6.07) is 72.6. The maximum absolute atomic E-state index is 4.21. The maximum atomic E-state index is 4.21. The molecule has 0 bridgehead atoms. The van der Waals surface area contributed by atoms with E-state index >= 15 is 0 Å². The molecule has 0 amide bonds. The van der Waals surface area contributed by atoms with E-state index in [1.807, 2.05) is 12.2 Å². The van der Waals surface area contributed by atoms with Gasteiger partial charge in [-0.05, 0) is 156 Å². The van der Waals surface area contributed by atoms with Gasteiger partial charge in [-0.15, -0.1) is 0 Å². The number of aromatic nitrogens is 1. The molecule has 0 N–H and O–H groups in total. The van der Waals surface area contributed by atoms with Gasteiger partial charge in [0.15, 0.2) is 0 Å². The highest BCUT2D eigenvalue weighted by Crippen LogP contribution is 2.58. The van der Waals surface area contributed by atoms with Crippen molar-refractivity contribution in [2.45, 2.75) is 57.8 Å². The summed E-state index contributed by atoms with van der Waals surface area (Å²) >= 11 is 0. The van der Waals surface area contributed by atoms with Crippen molar-refractivity contribution in [2.75, 3.05) is 4.90 Å². The number of fused-ring (bicyclic) bond motifs is 10. The van der Waals surface area contributed by atoms with Crippen molar-refractivity contribution in [1.82, 2.24) is 4.57 Å². The summed E-state index contributed by atoms with van der Waals surface area (Å²) in [4.78, 5) is 2.39. The number of para-hydroxylation sites is 1. The van der Waals surface area contributed by atoms with Crippen LogP contribution in [0.2, 0.25) is 0 Å². The SMILES string of the molecule is C=CC1=C(C=C)C(C)(C)c2cc(N(c3ccc(-c4ccccc4)cc3)c3ccc(-c4ccc5c(c4)c4ccccc4n5-c4cccc5c4-c4cc6c(cc4C5(C)C)-c4ccccc4C6(C)C)cc3)ccc21. The molecule has 0 fully saturated rings. The summed E-state index contributed by atoms with van der Waals surface area (Å²) in [6.07, 6.45) is 3.98. The van der Waals surface area contributed by atoms with Crippen LogP contribution in [0.5, 0.6) is 0 Å². The lowest BCUT2D eigenvalue weighted by Gasteiger charge is -2.29. The van der Waals surface area contributed by atoms with Gasteiger partial charge in [-0.25, -0.2) is 0 Å². The number of hydrogen-bond acceptors (Lipinski definition) is 1. The molecule has 0 atom stereocenters. The maximum Gasteiger partial charge on any atom is 0.0543 e. The number of allylic oxidation sites excluding steroid dienone is 4. The summed E-state index contributed by atoms with van der Waals surface area (Å²) in [5.74, 6) is 0. The molecule has 0 spiro atoms. The van der Waals surface area contributed by atoms with Gasteiger partial charge < -0.3 is 9.47 Å². The van der Waals surface area contributed by atoms with Crippen molar-refractivity contribution in [3.8, 4) is 50.2 Å². The smallest absolute Gasteiger partial charge is 0.0543 e. The minimum atomic E-state index is -0.211. The number of benzene rings is 9. The lowest BCUT2D eigenvalue weighted by atomic mass is 9.79. The minimum Gasteiger partial charge on any atom is -0.310 e. The number of rotatable bonds is 8. The molecule has 0 saturated heterocycles. The van der Waals surface area contributed by atoms with Crippen LogP contribution in [0, 0.1) is 0 Å². The second kappa shape index (κ2) is 15.4. The normalized spacial score (nSPS) is 15.3. The van der Waals surface area contributed by atoms with Crippen LogP contribution in [0.25, 0.3) is 77.6 Å². The van der Waals surface area contributed by atoms with Crippen molar-refractivity contribution < 1.29 is 0 Å². The lowest BCUT2D eigenvalue weighted by Crippen LogP contribution is -2.17. The van der Waals surface area contributed by atoms with E-state index in [1.165, 1.54) is 111 Å². The van der Waals surface area contributed by atoms with Gasteiger partial charge in [0.25, 0.3) is 0 Å². The Morgan fingerprint density at radius 2 is 0.944 bits per heavy atom. The Balaban J connectivity index is 0.914. The Bertz CT molecular complexity index is 3910. The van der Waals surface area contributed by atoms with E-state index in [9.17, 15) is 0 Å². The first-order chi connectivity index (χ1) is 34.4. The summed E-state index contributed by atoms with van der Waals surface area (Å²) in [7, 11) is 0. The van der Waals surface area contributed by atoms with Crippen molar-refractivity contribution >= 4 is 44.4 Å². The Kier molecular flexibility index (Phi) is 9.30. The molecule has 1 heterocycles. The van der Waals surface area contributed by atoms with E-state index in [4.69, 9.17) is 0 Å². The lowest BCUT2D eigenvalue weighted by molar-refractivity contribution is 0.652. The summed E-state index contributed by atoms with van der Waals surface area (Å²) in [5, 5.41) is 2.50. The molecule has 342 valence electrons. The third-order valence-electron chi connectivity index (χ3n) is 16.6. The zero-order chi connectivity index (χ0) is 48.6. The Morgan fingerprint density at radius 3 is 1.68 bits per heavy atom. The van der Waals surface area contributed by atoms with Gasteiger partial charge in [0.05, 0.1) is 16.7 Å². The fourth-order valence-corrected chi connectivity index (χ4v) is 12.9. The Morgan fingerprint density at radius 1 is 0.380 bits per heavy atom. The molecule has 0 saturated carbocycles. The standard InChI is InChI=1S/C69H56N2/c1-9-50-52-37-36-49(40-60(52)67(3,4)57(50)10-2)70(47-32-27-44(28-33-47)43-19-12-11-13-20-43)48-34-29-45(30-35-48)46-31-38-64-55(39-46)53-22-15-17-25-63(53)71(64)65-26-18-24-59-66(65)56-42-61-54(41-62(56)69(59,7)8)51-21-14-16-23-58(51)68(61,5)6/h9-42H,1-2H2,3-8H3. The van der Waals surface area contributed by atoms with Crippen LogP contribution in [0.3, 0.4) is 0 Å². The number of nitrogens with zero attached hydrogens (tertiary/aromatic N) is 2. The Hall–Kier alpha value is -8.20. The largest absolute Gasteiger partial charge is 0.310 e. The quantitative estimate of drug-likeness (QED) is 0.147. The molecular formula is C69H56N2. The second-order valence-electron chi connectivity index (χ2n) is 21.4. The molecule has 3 aliphatic rings. The zero-order valence-electron chi connectivity index (χ0n) is 41.4. The van der Waals surface area contributed by atoms with Crippen LogP contribution >= 0.6 is 0 Å². The predicted molar refractivity (Wildman–Crippen MR) is 302 cm³/mol. The van der Waals surface area contributed by atoms with Crippen LogP contribution in [-0.4, -0.2) is 4.57 Å². The van der Waals surface area contributed by atoms with E-state index in [2.05, 4.69) is 258 Å². The van der Waals surface area contributed by atoms with Gasteiger partial charge in [0, 0.05) is 49.6 Å². The van der Waals surface area contributed by atoms with E-state index in [0.29, 0.717) is 0 Å². The molecule has 1 aromatic heterocycles. The topological polar surface area (TPSA) is 8.17 Å². The molecule has 0 unspecified atom stereocenters. The number of anilines is 3. The van der Waals surface area contributed by atoms with Crippen LogP contribution in [0.1, 0.15) is 74.9 Å². The molecular weight excluding hydrogens is 857 g/mol.